The third-order valence-electron chi connectivity index (χ3n) is 7.99. The molecule has 4 heterocycles. The number of hydrogen-bond acceptors (Lipinski definition) is 8. The number of phenols is 2. The SMILES string of the molecule is O=C1[C@H]2[C@@H](C(=O)N1Cc1ccc3c(c1)OCO3)[C@]1(N[C@@H]2Cc2ccc(O)c(O)c2)C(=O)Nc2ccccc21. The van der Waals surface area contributed by atoms with Gasteiger partial charge in [0.25, 0.3) is 0 Å². The van der Waals surface area contributed by atoms with Gasteiger partial charge in [0.2, 0.25) is 24.5 Å². The molecule has 0 saturated carbocycles. The summed E-state index contributed by atoms with van der Waals surface area (Å²) >= 11 is 0. The Morgan fingerprint density at radius 3 is 2.53 bits per heavy atom. The van der Waals surface area contributed by atoms with Crippen LogP contribution in [0.4, 0.5) is 5.69 Å². The first kappa shape index (κ1) is 22.6. The van der Waals surface area contributed by atoms with Gasteiger partial charge in [-0.05, 0) is 47.9 Å². The molecule has 0 bridgehead atoms. The first-order valence-corrected chi connectivity index (χ1v) is 12.3. The van der Waals surface area contributed by atoms with Crippen molar-refractivity contribution in [3.05, 3.63) is 77.4 Å². The molecule has 4 aliphatic rings. The molecule has 0 aromatic heterocycles. The Morgan fingerprint density at radius 1 is 0.895 bits per heavy atom. The van der Waals surface area contributed by atoms with E-state index in [1.165, 1.54) is 17.0 Å². The molecule has 7 rings (SSSR count). The van der Waals surface area contributed by atoms with Crippen LogP contribution in [0.2, 0.25) is 0 Å². The number of benzene rings is 3. The van der Waals surface area contributed by atoms with Crippen molar-refractivity contribution in [2.75, 3.05) is 12.1 Å². The van der Waals surface area contributed by atoms with Crippen LogP contribution in [0.15, 0.2) is 60.7 Å². The second kappa shape index (κ2) is 7.96. The lowest BCUT2D eigenvalue weighted by atomic mass is 9.76. The smallest absolute Gasteiger partial charge is 0.250 e. The number of fused-ring (bicyclic) bond motifs is 5. The summed E-state index contributed by atoms with van der Waals surface area (Å²) in [6.45, 7) is 0.148. The minimum Gasteiger partial charge on any atom is -0.504 e. The number of carbonyl (C=O) groups excluding carboxylic acids is 3. The van der Waals surface area contributed by atoms with Gasteiger partial charge in [0.05, 0.1) is 18.4 Å². The number of rotatable bonds is 4. The molecular formula is C28H23N3O7. The van der Waals surface area contributed by atoms with Gasteiger partial charge >= 0.3 is 0 Å². The number of ether oxygens (including phenoxy) is 2. The fraction of sp³-hybridized carbons (Fsp3) is 0.250. The van der Waals surface area contributed by atoms with Gasteiger partial charge < -0.3 is 25.0 Å². The van der Waals surface area contributed by atoms with E-state index in [0.717, 1.165) is 0 Å². The number of imide groups is 1. The predicted molar refractivity (Wildman–Crippen MR) is 132 cm³/mol. The van der Waals surface area contributed by atoms with Gasteiger partial charge in [0.15, 0.2) is 23.0 Å². The number of anilines is 1. The van der Waals surface area contributed by atoms with E-state index in [0.29, 0.717) is 33.9 Å². The molecule has 38 heavy (non-hydrogen) atoms. The van der Waals surface area contributed by atoms with E-state index in [1.807, 2.05) is 0 Å². The molecular weight excluding hydrogens is 490 g/mol. The maximum absolute atomic E-state index is 14.0. The largest absolute Gasteiger partial charge is 0.504 e. The molecule has 4 N–H and O–H groups in total. The minimum absolute atomic E-state index is 0.0351. The zero-order chi connectivity index (χ0) is 26.2. The van der Waals surface area contributed by atoms with Gasteiger partial charge in [-0.15, -0.1) is 0 Å². The molecule has 2 saturated heterocycles. The Hall–Kier alpha value is -4.57. The molecule has 3 aromatic carbocycles. The number of hydrogen-bond donors (Lipinski definition) is 4. The summed E-state index contributed by atoms with van der Waals surface area (Å²) in [5.74, 6) is -2.33. The zero-order valence-electron chi connectivity index (χ0n) is 20.0. The Kier molecular flexibility index (Phi) is 4.74. The van der Waals surface area contributed by atoms with E-state index in [2.05, 4.69) is 10.6 Å². The fourth-order valence-corrected chi connectivity index (χ4v) is 6.32. The van der Waals surface area contributed by atoms with Crippen molar-refractivity contribution in [1.82, 2.24) is 10.2 Å². The van der Waals surface area contributed by atoms with Gasteiger partial charge in [-0.1, -0.05) is 30.3 Å². The van der Waals surface area contributed by atoms with Gasteiger partial charge in [0, 0.05) is 17.3 Å². The molecule has 2 fully saturated rings. The van der Waals surface area contributed by atoms with E-state index < -0.39 is 29.3 Å². The Labute approximate surface area is 216 Å². The summed E-state index contributed by atoms with van der Waals surface area (Å²) < 4.78 is 10.8. The van der Waals surface area contributed by atoms with Crippen molar-refractivity contribution in [2.24, 2.45) is 11.8 Å². The van der Waals surface area contributed by atoms with Crippen LogP contribution < -0.4 is 20.1 Å². The molecule has 3 amide bonds. The van der Waals surface area contributed by atoms with Gasteiger partial charge in [-0.25, -0.2) is 0 Å². The third-order valence-corrected chi connectivity index (χ3v) is 7.99. The lowest BCUT2D eigenvalue weighted by Gasteiger charge is -2.29. The molecule has 0 radical (unpaired) electrons. The van der Waals surface area contributed by atoms with E-state index in [4.69, 9.17) is 9.47 Å². The molecule has 1 spiro atoms. The lowest BCUT2D eigenvalue weighted by Crippen LogP contribution is -2.53. The van der Waals surface area contributed by atoms with Crippen LogP contribution in [-0.4, -0.2) is 45.7 Å². The predicted octanol–water partition coefficient (Wildman–Crippen LogP) is 1.99. The highest BCUT2D eigenvalue weighted by molar-refractivity contribution is 6.15. The van der Waals surface area contributed by atoms with Crippen LogP contribution in [0.1, 0.15) is 16.7 Å². The van der Waals surface area contributed by atoms with Gasteiger partial charge in [0.1, 0.15) is 5.54 Å². The van der Waals surface area contributed by atoms with E-state index in [1.54, 1.807) is 48.5 Å². The maximum atomic E-state index is 14.0. The number of carbonyl (C=O) groups is 3. The summed E-state index contributed by atoms with van der Waals surface area (Å²) in [5, 5.41) is 26.0. The van der Waals surface area contributed by atoms with E-state index in [-0.39, 0.29) is 43.1 Å². The monoisotopic (exact) mass is 513 g/mol. The number of nitrogens with one attached hydrogen (secondary N) is 2. The molecule has 10 nitrogen and oxygen atoms in total. The molecule has 0 aliphatic carbocycles. The van der Waals surface area contributed by atoms with Gasteiger partial charge in [-0.3, -0.25) is 24.6 Å². The van der Waals surface area contributed by atoms with Crippen molar-refractivity contribution >= 4 is 23.4 Å². The number of para-hydroxylation sites is 1. The molecule has 0 unspecified atom stereocenters. The van der Waals surface area contributed by atoms with E-state index in [9.17, 15) is 24.6 Å². The quantitative estimate of drug-likeness (QED) is 0.307. The average Bonchev–Trinajstić information content (AvgIpc) is 3.63. The number of likely N-dealkylation sites (tertiary alicyclic amines) is 1. The van der Waals surface area contributed by atoms with Crippen LogP contribution in [0, 0.1) is 11.8 Å². The first-order chi connectivity index (χ1) is 18.4. The molecule has 4 aliphatic heterocycles. The highest BCUT2D eigenvalue weighted by atomic mass is 16.7. The van der Waals surface area contributed by atoms with Crippen LogP contribution in [0.25, 0.3) is 0 Å². The van der Waals surface area contributed by atoms with Crippen molar-refractivity contribution < 1.29 is 34.1 Å². The number of nitrogens with zero attached hydrogens (tertiary/aromatic N) is 1. The standard InChI is InChI=1S/C28H23N3O7/c32-19-7-5-14(10-20(19)33)9-18-23-24(28(30-18)16-3-1-2-4-17(16)29-27(28)36)26(35)31(25(23)34)12-15-6-8-21-22(11-15)38-13-37-21/h1-8,10-11,18,23-24,30,32-33H,9,12-13H2,(H,29,36)/t18-,23-,24+,28+/m1/s1. The number of amides is 3. The lowest BCUT2D eigenvalue weighted by molar-refractivity contribution is -0.143. The van der Waals surface area contributed by atoms with Crippen LogP contribution in [0.5, 0.6) is 23.0 Å². The first-order valence-electron chi connectivity index (χ1n) is 12.3. The molecule has 192 valence electrons. The number of aromatic hydroxyl groups is 2. The maximum Gasteiger partial charge on any atom is 0.250 e. The second-order valence-electron chi connectivity index (χ2n) is 10.0. The van der Waals surface area contributed by atoms with Crippen molar-refractivity contribution in [1.29, 1.82) is 0 Å². The minimum atomic E-state index is -1.42. The highest BCUT2D eigenvalue weighted by Gasteiger charge is 2.70. The van der Waals surface area contributed by atoms with Crippen molar-refractivity contribution in [3.63, 3.8) is 0 Å². The second-order valence-corrected chi connectivity index (χ2v) is 10.0. The Morgan fingerprint density at radius 2 is 1.68 bits per heavy atom. The topological polar surface area (TPSA) is 137 Å². The molecule has 4 atom stereocenters. The van der Waals surface area contributed by atoms with Crippen LogP contribution >= 0.6 is 0 Å². The van der Waals surface area contributed by atoms with Gasteiger partial charge in [-0.2, -0.15) is 0 Å². The summed E-state index contributed by atoms with van der Waals surface area (Å²) in [5.41, 5.74) is 1.16. The molecule has 3 aromatic rings. The van der Waals surface area contributed by atoms with Crippen molar-refractivity contribution in [3.8, 4) is 23.0 Å². The number of phenolic OH excluding ortho intramolecular Hbond substituents is 2. The highest BCUT2D eigenvalue weighted by Crippen LogP contribution is 2.53. The van der Waals surface area contributed by atoms with Crippen molar-refractivity contribution in [2.45, 2.75) is 24.5 Å². The Bertz CT molecular complexity index is 1540. The van der Waals surface area contributed by atoms with Crippen LogP contribution in [-0.2, 0) is 32.9 Å². The average molecular weight is 514 g/mol. The summed E-state index contributed by atoms with van der Waals surface area (Å²) in [6.07, 6.45) is 0.253. The summed E-state index contributed by atoms with van der Waals surface area (Å²) in [4.78, 5) is 42.7. The van der Waals surface area contributed by atoms with Crippen LogP contribution in [0.3, 0.4) is 0 Å². The van der Waals surface area contributed by atoms with E-state index >= 15 is 0 Å². The third kappa shape index (κ3) is 3.07. The summed E-state index contributed by atoms with van der Waals surface area (Å²) in [6, 6.07) is 16.3. The Balaban J connectivity index is 1.29. The summed E-state index contributed by atoms with van der Waals surface area (Å²) in [7, 11) is 0. The molecule has 10 heteroatoms. The zero-order valence-corrected chi connectivity index (χ0v) is 20.0. The normalized spacial score (nSPS) is 26.7. The fourth-order valence-electron chi connectivity index (χ4n) is 6.32.